The highest BCUT2D eigenvalue weighted by Crippen LogP contribution is 2.44. The summed E-state index contributed by atoms with van der Waals surface area (Å²) in [5.74, 6) is 0.704. The molecule has 0 radical (unpaired) electrons. The van der Waals surface area contributed by atoms with Gasteiger partial charge in [0.15, 0.2) is 5.82 Å². The Hall–Kier alpha value is -7.42. The molecule has 0 N–H and O–H groups in total. The van der Waals surface area contributed by atoms with Crippen LogP contribution in [0.2, 0.25) is 0 Å². The number of hydrogen-bond acceptors (Lipinski definition) is 2. The van der Waals surface area contributed by atoms with Gasteiger partial charge in [0, 0.05) is 16.7 Å². The van der Waals surface area contributed by atoms with Gasteiger partial charge in [-0.1, -0.05) is 182 Å². The number of allylic oxidation sites excluding steroid dienone is 2. The molecule has 2 nitrogen and oxygen atoms in total. The molecule has 1 aliphatic rings. The van der Waals surface area contributed by atoms with Gasteiger partial charge in [-0.25, -0.2) is 9.97 Å². The Morgan fingerprint density at radius 1 is 0.351 bits per heavy atom. The van der Waals surface area contributed by atoms with Crippen LogP contribution in [0.25, 0.3) is 111 Å². The van der Waals surface area contributed by atoms with Crippen LogP contribution < -0.4 is 0 Å². The summed E-state index contributed by atoms with van der Waals surface area (Å²) >= 11 is 0. The molecule has 10 aromatic rings. The third kappa shape index (κ3) is 5.73. The van der Waals surface area contributed by atoms with Crippen molar-refractivity contribution in [1.29, 1.82) is 0 Å². The van der Waals surface area contributed by atoms with E-state index in [1.54, 1.807) is 0 Å². The second kappa shape index (κ2) is 13.7. The Bertz CT molecular complexity index is 3250. The summed E-state index contributed by atoms with van der Waals surface area (Å²) in [5, 5.41) is 9.86. The third-order valence-corrected chi connectivity index (χ3v) is 11.4. The first-order chi connectivity index (χ1) is 28.3. The van der Waals surface area contributed by atoms with E-state index < -0.39 is 0 Å². The van der Waals surface area contributed by atoms with Crippen LogP contribution in [-0.2, 0) is 0 Å². The van der Waals surface area contributed by atoms with Crippen molar-refractivity contribution in [1.82, 2.24) is 9.97 Å². The highest BCUT2D eigenvalue weighted by atomic mass is 14.9. The number of hydrogen-bond donors (Lipinski definition) is 0. The zero-order valence-electron chi connectivity index (χ0n) is 31.2. The van der Waals surface area contributed by atoms with Gasteiger partial charge < -0.3 is 0 Å². The summed E-state index contributed by atoms with van der Waals surface area (Å²) < 4.78 is 0. The van der Waals surface area contributed by atoms with Crippen LogP contribution >= 0.6 is 0 Å². The average Bonchev–Trinajstić information content (AvgIpc) is 3.54. The molecule has 0 unspecified atom stereocenters. The lowest BCUT2D eigenvalue weighted by atomic mass is 9.86. The summed E-state index contributed by atoms with van der Waals surface area (Å²) in [6.07, 6.45) is 9.86. The summed E-state index contributed by atoms with van der Waals surface area (Å²) in [6.45, 7) is 0. The maximum absolute atomic E-state index is 5.35. The van der Waals surface area contributed by atoms with E-state index in [4.69, 9.17) is 9.97 Å². The van der Waals surface area contributed by atoms with Crippen LogP contribution in [0.5, 0.6) is 0 Å². The predicted molar refractivity (Wildman–Crippen MR) is 242 cm³/mol. The van der Waals surface area contributed by atoms with Gasteiger partial charge in [0.25, 0.3) is 0 Å². The average molecular weight is 725 g/mol. The smallest absolute Gasteiger partial charge is 0.160 e. The van der Waals surface area contributed by atoms with E-state index >= 15 is 0 Å². The third-order valence-electron chi connectivity index (χ3n) is 11.4. The Morgan fingerprint density at radius 2 is 0.965 bits per heavy atom. The SMILES string of the molecule is C1=Cc2cc(-c3ccccc3)cc(-c3cc(-c4ccc(-c5c6ccccc6cc6c5ccc5ccccc56)c5ccccc45)nc(-c4ccccc4)n3)c2C=CC1. The topological polar surface area (TPSA) is 25.8 Å². The first-order valence-electron chi connectivity index (χ1n) is 19.6. The zero-order chi connectivity index (χ0) is 37.7. The van der Waals surface area contributed by atoms with Crippen molar-refractivity contribution >= 4 is 55.2 Å². The predicted octanol–water partition coefficient (Wildman–Crippen LogP) is 14.9. The van der Waals surface area contributed by atoms with Crippen LogP contribution in [0.3, 0.4) is 0 Å². The Kier molecular flexibility index (Phi) is 7.93. The normalized spacial score (nSPS) is 12.4. The second-order valence-electron chi connectivity index (χ2n) is 14.8. The second-order valence-corrected chi connectivity index (χ2v) is 14.8. The van der Waals surface area contributed by atoms with E-state index in [2.05, 4.69) is 200 Å². The number of fused-ring (bicyclic) bond motifs is 6. The first kappa shape index (κ1) is 33.0. The molecule has 0 spiro atoms. The van der Waals surface area contributed by atoms with Gasteiger partial charge in [0.1, 0.15) is 0 Å². The van der Waals surface area contributed by atoms with Gasteiger partial charge in [0.2, 0.25) is 0 Å². The Balaban J connectivity index is 1.17. The number of aromatic nitrogens is 2. The molecule has 1 aliphatic carbocycles. The number of benzene rings is 9. The van der Waals surface area contributed by atoms with Gasteiger partial charge in [-0.3, -0.25) is 0 Å². The van der Waals surface area contributed by atoms with Crippen LogP contribution in [0, 0.1) is 0 Å². The summed E-state index contributed by atoms with van der Waals surface area (Å²) in [5.41, 5.74) is 12.1. The highest BCUT2D eigenvalue weighted by molar-refractivity contribution is 6.23. The van der Waals surface area contributed by atoms with E-state index in [0.29, 0.717) is 5.82 Å². The Morgan fingerprint density at radius 3 is 1.75 bits per heavy atom. The van der Waals surface area contributed by atoms with E-state index in [1.807, 2.05) is 6.07 Å². The minimum atomic E-state index is 0.704. The quantitative estimate of drug-likeness (QED) is 0.130. The fourth-order valence-electron chi connectivity index (χ4n) is 8.76. The van der Waals surface area contributed by atoms with Crippen molar-refractivity contribution < 1.29 is 0 Å². The largest absolute Gasteiger partial charge is 0.228 e. The fourth-order valence-corrected chi connectivity index (χ4v) is 8.76. The van der Waals surface area contributed by atoms with E-state index in [0.717, 1.165) is 45.4 Å². The van der Waals surface area contributed by atoms with Crippen molar-refractivity contribution in [2.45, 2.75) is 6.42 Å². The molecular weight excluding hydrogens is 689 g/mol. The minimum absolute atomic E-state index is 0.704. The lowest BCUT2D eigenvalue weighted by Gasteiger charge is -2.18. The lowest BCUT2D eigenvalue weighted by Crippen LogP contribution is -1.99. The minimum Gasteiger partial charge on any atom is -0.228 e. The van der Waals surface area contributed by atoms with E-state index in [1.165, 1.54) is 65.5 Å². The summed E-state index contributed by atoms with van der Waals surface area (Å²) in [7, 11) is 0. The lowest BCUT2D eigenvalue weighted by molar-refractivity contribution is 1.18. The summed E-state index contributed by atoms with van der Waals surface area (Å²) in [6, 6.07) is 65.6. The highest BCUT2D eigenvalue weighted by Gasteiger charge is 2.20. The van der Waals surface area contributed by atoms with Crippen molar-refractivity contribution in [3.05, 3.63) is 205 Å². The molecule has 0 atom stereocenters. The van der Waals surface area contributed by atoms with Gasteiger partial charge in [-0.15, -0.1) is 0 Å². The standard InChI is InChI=1S/C55H36N2/c1-4-16-36(17-5-1)41-32-39-21-8-3-9-23-43(39)51(34-41)53-35-52(56-55(57-53)38-19-6-2-7-20-38)47-30-31-48(46-27-15-14-26-45(46)47)54-44-25-13-11-22-40(44)33-50-42-24-12-10-18-37(42)28-29-49(50)54/h1-2,4-35H,3H2. The molecule has 0 amide bonds. The van der Waals surface area contributed by atoms with Crippen LogP contribution in [0.1, 0.15) is 17.5 Å². The summed E-state index contributed by atoms with van der Waals surface area (Å²) in [4.78, 5) is 10.7. The monoisotopic (exact) mass is 724 g/mol. The molecule has 11 rings (SSSR count). The van der Waals surface area contributed by atoms with Crippen LogP contribution in [-0.4, -0.2) is 9.97 Å². The maximum atomic E-state index is 5.35. The van der Waals surface area contributed by atoms with Crippen molar-refractivity contribution in [3.63, 3.8) is 0 Å². The fraction of sp³-hybridized carbons (Fsp3) is 0.0182. The van der Waals surface area contributed by atoms with E-state index in [-0.39, 0.29) is 0 Å². The van der Waals surface area contributed by atoms with Gasteiger partial charge in [-0.05, 0) is 107 Å². The molecular formula is C55H36N2. The maximum Gasteiger partial charge on any atom is 0.160 e. The van der Waals surface area contributed by atoms with Gasteiger partial charge in [-0.2, -0.15) is 0 Å². The Labute approximate surface area is 331 Å². The van der Waals surface area contributed by atoms with Crippen LogP contribution in [0.15, 0.2) is 194 Å². The van der Waals surface area contributed by atoms with Crippen molar-refractivity contribution in [2.75, 3.05) is 0 Å². The molecule has 1 aromatic heterocycles. The molecule has 1 heterocycles. The molecule has 0 bridgehead atoms. The van der Waals surface area contributed by atoms with Gasteiger partial charge in [0.05, 0.1) is 11.4 Å². The number of nitrogens with zero attached hydrogens (tertiary/aromatic N) is 2. The molecule has 0 fully saturated rings. The molecule has 0 saturated carbocycles. The molecule has 0 aliphatic heterocycles. The van der Waals surface area contributed by atoms with Crippen LogP contribution in [0.4, 0.5) is 0 Å². The van der Waals surface area contributed by atoms with Crippen molar-refractivity contribution in [3.8, 4) is 56.2 Å². The molecule has 2 heteroatoms. The van der Waals surface area contributed by atoms with E-state index in [9.17, 15) is 0 Å². The van der Waals surface area contributed by atoms with Gasteiger partial charge >= 0.3 is 0 Å². The molecule has 57 heavy (non-hydrogen) atoms. The molecule has 0 saturated heterocycles. The molecule has 9 aromatic carbocycles. The van der Waals surface area contributed by atoms with Crippen molar-refractivity contribution in [2.24, 2.45) is 0 Å². The zero-order valence-corrected chi connectivity index (χ0v) is 31.2. The number of rotatable bonds is 5. The first-order valence-corrected chi connectivity index (χ1v) is 19.6. The molecule has 266 valence electrons.